The molecular formula is C14H16N2O4. The molecule has 1 amide bonds. The third-order valence-corrected chi connectivity index (χ3v) is 3.16. The van der Waals surface area contributed by atoms with Gasteiger partial charge in [-0.05, 0) is 24.1 Å². The highest BCUT2D eigenvalue weighted by Gasteiger charge is 2.24. The fraction of sp³-hybridized carbons (Fsp3) is 0.357. The number of rotatable bonds is 4. The van der Waals surface area contributed by atoms with Gasteiger partial charge < -0.3 is 14.7 Å². The van der Waals surface area contributed by atoms with Crippen molar-refractivity contribution in [2.75, 3.05) is 26.8 Å². The van der Waals surface area contributed by atoms with Crippen LogP contribution in [0.5, 0.6) is 0 Å². The van der Waals surface area contributed by atoms with E-state index in [0.29, 0.717) is 19.7 Å². The fourth-order valence-corrected chi connectivity index (χ4v) is 2.11. The second kappa shape index (κ2) is 6.29. The van der Waals surface area contributed by atoms with Crippen LogP contribution in [0.15, 0.2) is 30.0 Å². The summed E-state index contributed by atoms with van der Waals surface area (Å²) < 4.78 is 5.05. The molecule has 6 nitrogen and oxygen atoms in total. The van der Waals surface area contributed by atoms with Crippen molar-refractivity contribution in [1.29, 1.82) is 0 Å². The van der Waals surface area contributed by atoms with Crippen molar-refractivity contribution in [3.8, 4) is 0 Å². The average molecular weight is 276 g/mol. The number of carboxylic acids is 1. The van der Waals surface area contributed by atoms with E-state index in [-0.39, 0.29) is 17.2 Å². The minimum atomic E-state index is -1.14. The Labute approximate surface area is 116 Å². The molecule has 0 aromatic carbocycles. The zero-order valence-electron chi connectivity index (χ0n) is 11.2. The summed E-state index contributed by atoms with van der Waals surface area (Å²) in [4.78, 5) is 28.9. The lowest BCUT2D eigenvalue weighted by Crippen LogP contribution is -2.36. The number of carbonyl (C=O) groups excluding carboxylic acids is 1. The quantitative estimate of drug-likeness (QED) is 0.836. The van der Waals surface area contributed by atoms with Crippen molar-refractivity contribution in [2.24, 2.45) is 0 Å². The van der Waals surface area contributed by atoms with Gasteiger partial charge in [-0.3, -0.25) is 9.78 Å². The van der Waals surface area contributed by atoms with Crippen LogP contribution in [-0.2, 0) is 4.74 Å². The molecule has 0 spiro atoms. The third kappa shape index (κ3) is 3.03. The second-order valence-corrected chi connectivity index (χ2v) is 4.50. The summed E-state index contributed by atoms with van der Waals surface area (Å²) in [5.41, 5.74) is 1.07. The van der Waals surface area contributed by atoms with Crippen LogP contribution >= 0.6 is 0 Å². The van der Waals surface area contributed by atoms with Gasteiger partial charge in [0.15, 0.2) is 0 Å². The van der Waals surface area contributed by atoms with Crippen molar-refractivity contribution < 1.29 is 19.4 Å². The van der Waals surface area contributed by atoms with E-state index < -0.39 is 5.97 Å². The maximum atomic E-state index is 12.3. The van der Waals surface area contributed by atoms with Gasteiger partial charge in [-0.2, -0.15) is 0 Å². The van der Waals surface area contributed by atoms with Crippen LogP contribution in [0.2, 0.25) is 0 Å². The zero-order chi connectivity index (χ0) is 14.5. The summed E-state index contributed by atoms with van der Waals surface area (Å²) in [6, 6.07) is 2.89. The summed E-state index contributed by atoms with van der Waals surface area (Å²) in [6.45, 7) is 1.56. The molecule has 0 saturated heterocycles. The lowest BCUT2D eigenvalue weighted by atomic mass is 10.1. The van der Waals surface area contributed by atoms with Gasteiger partial charge >= 0.3 is 5.97 Å². The Morgan fingerprint density at radius 1 is 1.50 bits per heavy atom. The fourth-order valence-electron chi connectivity index (χ4n) is 2.11. The van der Waals surface area contributed by atoms with Gasteiger partial charge in [0.2, 0.25) is 0 Å². The van der Waals surface area contributed by atoms with E-state index in [9.17, 15) is 9.59 Å². The molecule has 1 aliphatic heterocycles. The highest BCUT2D eigenvalue weighted by atomic mass is 16.5. The summed E-state index contributed by atoms with van der Waals surface area (Å²) >= 11 is 0. The van der Waals surface area contributed by atoms with E-state index in [1.165, 1.54) is 18.3 Å². The number of aromatic nitrogens is 1. The van der Waals surface area contributed by atoms with Crippen LogP contribution in [-0.4, -0.2) is 53.7 Å². The smallest absolute Gasteiger partial charge is 0.338 e. The molecule has 0 radical (unpaired) electrons. The summed E-state index contributed by atoms with van der Waals surface area (Å²) in [6.07, 6.45) is 4.10. The number of ether oxygens (including phenoxy) is 1. The van der Waals surface area contributed by atoms with Gasteiger partial charge in [0.05, 0.1) is 12.2 Å². The topological polar surface area (TPSA) is 79.7 Å². The summed E-state index contributed by atoms with van der Waals surface area (Å²) in [5, 5.41) is 9.09. The van der Waals surface area contributed by atoms with E-state index >= 15 is 0 Å². The second-order valence-electron chi connectivity index (χ2n) is 4.50. The largest absolute Gasteiger partial charge is 0.478 e. The molecule has 0 fully saturated rings. The van der Waals surface area contributed by atoms with Crippen molar-refractivity contribution in [3.63, 3.8) is 0 Å². The number of nitrogens with zero attached hydrogens (tertiary/aromatic N) is 2. The van der Waals surface area contributed by atoms with Crippen molar-refractivity contribution in [1.82, 2.24) is 9.88 Å². The number of hydrogen-bond donors (Lipinski definition) is 1. The molecular weight excluding hydrogens is 260 g/mol. The van der Waals surface area contributed by atoms with Crippen LogP contribution in [0.3, 0.4) is 0 Å². The lowest BCUT2D eigenvalue weighted by molar-refractivity contribution is 0.0674. The number of carbonyl (C=O) groups is 2. The number of pyridine rings is 1. The Kier molecular flexibility index (Phi) is 4.47. The van der Waals surface area contributed by atoms with E-state index in [1.54, 1.807) is 12.0 Å². The molecule has 1 N–H and O–H groups in total. The van der Waals surface area contributed by atoms with Gasteiger partial charge in [-0.15, -0.1) is 0 Å². The maximum absolute atomic E-state index is 12.3. The predicted molar refractivity (Wildman–Crippen MR) is 71.7 cm³/mol. The molecule has 0 unspecified atom stereocenters. The number of aromatic carboxylic acids is 1. The molecule has 20 heavy (non-hydrogen) atoms. The normalized spacial score (nSPS) is 14.8. The molecule has 2 heterocycles. The Bertz CT molecular complexity index is 554. The molecule has 2 rings (SSSR count). The van der Waals surface area contributed by atoms with Crippen LogP contribution in [0.25, 0.3) is 0 Å². The van der Waals surface area contributed by atoms with Crippen molar-refractivity contribution in [3.05, 3.63) is 41.2 Å². The van der Waals surface area contributed by atoms with E-state index in [1.807, 2.05) is 6.08 Å². The first kappa shape index (κ1) is 14.2. The minimum Gasteiger partial charge on any atom is -0.478 e. The first-order chi connectivity index (χ1) is 9.63. The van der Waals surface area contributed by atoms with Gasteiger partial charge in [0, 0.05) is 26.4 Å². The van der Waals surface area contributed by atoms with Gasteiger partial charge in [-0.1, -0.05) is 6.08 Å². The summed E-state index contributed by atoms with van der Waals surface area (Å²) in [5.74, 6) is -1.50. The maximum Gasteiger partial charge on any atom is 0.338 e. The average Bonchev–Trinajstić information content (AvgIpc) is 2.47. The molecule has 1 aromatic heterocycles. The molecule has 1 aliphatic rings. The lowest BCUT2D eigenvalue weighted by Gasteiger charge is -2.26. The predicted octanol–water partition coefficient (Wildman–Crippen LogP) is 1.20. The monoisotopic (exact) mass is 276 g/mol. The number of hydrogen-bond acceptors (Lipinski definition) is 4. The van der Waals surface area contributed by atoms with Crippen molar-refractivity contribution >= 4 is 11.9 Å². The summed E-state index contributed by atoms with van der Waals surface area (Å²) in [7, 11) is 1.63. The molecule has 0 atom stereocenters. The number of carboxylic acid groups (broad SMARTS) is 1. The molecule has 0 saturated carbocycles. The van der Waals surface area contributed by atoms with Crippen LogP contribution < -0.4 is 0 Å². The first-order valence-electron chi connectivity index (χ1n) is 6.28. The Morgan fingerprint density at radius 2 is 2.30 bits per heavy atom. The molecule has 106 valence electrons. The first-order valence-corrected chi connectivity index (χ1v) is 6.28. The molecule has 1 aromatic rings. The minimum absolute atomic E-state index is 0.0106. The number of methoxy groups -OCH3 is 1. The van der Waals surface area contributed by atoms with Crippen LogP contribution in [0.4, 0.5) is 0 Å². The van der Waals surface area contributed by atoms with E-state index in [2.05, 4.69) is 4.98 Å². The van der Waals surface area contributed by atoms with E-state index in [4.69, 9.17) is 9.84 Å². The highest BCUT2D eigenvalue weighted by molar-refractivity contribution is 6.03. The van der Waals surface area contributed by atoms with Gasteiger partial charge in [0.25, 0.3) is 5.91 Å². The molecule has 6 heteroatoms. The van der Waals surface area contributed by atoms with Gasteiger partial charge in [0.1, 0.15) is 5.69 Å². The molecule has 0 aliphatic carbocycles. The Balaban J connectivity index is 2.16. The standard InChI is InChI=1S/C14H16N2O4/c1-20-9-10-4-7-16(8-5-10)13(17)12-11(14(18)19)3-2-6-15-12/h2-4,6H,5,7-9H2,1H3,(H,18,19). The van der Waals surface area contributed by atoms with Crippen molar-refractivity contribution in [2.45, 2.75) is 6.42 Å². The van der Waals surface area contributed by atoms with E-state index in [0.717, 1.165) is 12.0 Å². The third-order valence-electron chi connectivity index (χ3n) is 3.16. The Morgan fingerprint density at radius 3 is 2.90 bits per heavy atom. The Hall–Kier alpha value is -2.21. The van der Waals surface area contributed by atoms with Crippen LogP contribution in [0, 0.1) is 0 Å². The SMILES string of the molecule is COCC1=CCN(C(=O)c2ncccc2C(=O)O)CC1. The van der Waals surface area contributed by atoms with Crippen LogP contribution in [0.1, 0.15) is 27.3 Å². The van der Waals surface area contributed by atoms with Gasteiger partial charge in [-0.25, -0.2) is 4.79 Å². The highest BCUT2D eigenvalue weighted by Crippen LogP contribution is 2.15. The molecule has 0 bridgehead atoms. The number of amides is 1. The zero-order valence-corrected chi connectivity index (χ0v) is 11.2.